The fourth-order valence-electron chi connectivity index (χ4n) is 9.23. The zero-order chi connectivity index (χ0) is 38.2. The molecule has 0 unspecified atom stereocenters. The maximum atomic E-state index is 5.15. The Morgan fingerprint density at radius 2 is 0.672 bits per heavy atom. The van der Waals surface area contributed by atoms with E-state index in [4.69, 9.17) is 9.97 Å². The molecule has 11 aromatic carbocycles. The van der Waals surface area contributed by atoms with Crippen molar-refractivity contribution in [2.75, 3.05) is 0 Å². The summed E-state index contributed by atoms with van der Waals surface area (Å²) < 4.78 is 0. The molecule has 2 nitrogen and oxygen atoms in total. The van der Waals surface area contributed by atoms with Gasteiger partial charge in [-0.25, -0.2) is 9.97 Å². The molecule has 0 spiro atoms. The smallest absolute Gasteiger partial charge is 0.160 e. The van der Waals surface area contributed by atoms with E-state index in [2.05, 4.69) is 188 Å². The van der Waals surface area contributed by atoms with Gasteiger partial charge >= 0.3 is 0 Å². The van der Waals surface area contributed by atoms with E-state index in [0.717, 1.165) is 39.2 Å². The van der Waals surface area contributed by atoms with Crippen LogP contribution in [0.2, 0.25) is 0 Å². The number of rotatable bonds is 5. The van der Waals surface area contributed by atoms with Crippen molar-refractivity contribution >= 4 is 64.6 Å². The van der Waals surface area contributed by atoms with Crippen molar-refractivity contribution in [3.05, 3.63) is 206 Å². The van der Waals surface area contributed by atoms with Crippen LogP contribution in [0.15, 0.2) is 206 Å². The van der Waals surface area contributed by atoms with Gasteiger partial charge in [-0.15, -0.1) is 0 Å². The number of nitrogens with zero attached hydrogens (tertiary/aromatic N) is 2. The highest BCUT2D eigenvalue weighted by molar-refractivity contribution is 6.37. The second kappa shape index (κ2) is 12.9. The van der Waals surface area contributed by atoms with Crippen molar-refractivity contribution in [3.8, 4) is 56.2 Å². The molecule has 58 heavy (non-hydrogen) atoms. The molecule has 2 heteroatoms. The second-order valence-corrected chi connectivity index (χ2v) is 15.3. The highest BCUT2D eigenvalue weighted by atomic mass is 14.9. The molecule has 0 fully saturated rings. The van der Waals surface area contributed by atoms with Crippen LogP contribution in [0.5, 0.6) is 0 Å². The first-order valence-electron chi connectivity index (χ1n) is 19.9. The molecular formula is C56H34N2. The molecule has 0 radical (unpaired) electrons. The number of hydrogen-bond acceptors (Lipinski definition) is 2. The monoisotopic (exact) mass is 734 g/mol. The van der Waals surface area contributed by atoms with Gasteiger partial charge in [0.15, 0.2) is 5.82 Å². The topological polar surface area (TPSA) is 25.8 Å². The average molecular weight is 735 g/mol. The summed E-state index contributed by atoms with van der Waals surface area (Å²) in [7, 11) is 0. The molecule has 0 aliphatic heterocycles. The molecule has 0 saturated carbocycles. The van der Waals surface area contributed by atoms with E-state index in [1.807, 2.05) is 18.2 Å². The van der Waals surface area contributed by atoms with Gasteiger partial charge in [-0.2, -0.15) is 0 Å². The van der Waals surface area contributed by atoms with Gasteiger partial charge in [0, 0.05) is 16.7 Å². The van der Waals surface area contributed by atoms with Gasteiger partial charge in [0.2, 0.25) is 0 Å². The minimum absolute atomic E-state index is 0.709. The quantitative estimate of drug-likeness (QED) is 0.165. The van der Waals surface area contributed by atoms with Gasteiger partial charge in [0.05, 0.1) is 11.4 Å². The molecule has 1 heterocycles. The maximum Gasteiger partial charge on any atom is 0.160 e. The van der Waals surface area contributed by atoms with Crippen molar-refractivity contribution in [1.29, 1.82) is 0 Å². The zero-order valence-electron chi connectivity index (χ0n) is 31.5. The average Bonchev–Trinajstić information content (AvgIpc) is 3.30. The first-order valence-corrected chi connectivity index (χ1v) is 19.9. The van der Waals surface area contributed by atoms with Crippen LogP contribution in [0.1, 0.15) is 0 Å². The summed E-state index contributed by atoms with van der Waals surface area (Å²) in [5.41, 5.74) is 9.56. The molecule has 12 rings (SSSR count). The minimum atomic E-state index is 0.709. The highest BCUT2D eigenvalue weighted by Crippen LogP contribution is 2.44. The van der Waals surface area contributed by atoms with E-state index in [1.54, 1.807) is 0 Å². The predicted molar refractivity (Wildman–Crippen MR) is 245 cm³/mol. The van der Waals surface area contributed by atoms with Crippen molar-refractivity contribution in [2.24, 2.45) is 0 Å². The molecule has 0 amide bonds. The standard InChI is InChI=1S/C56H34N2/c1-3-11-35(12-4-1)42-18-7-19-43(31-42)51-34-50(57-56(58-51)41-13-5-2-6-14-41)37-25-23-36(24-26-37)45-32-44-30-29-40-16-9-21-47-46-20-8-15-38-27-28-39-17-10-22-48(54(39)52(38)46)49(33-45)55(44)53(40)47/h1-34H. The molecule has 268 valence electrons. The lowest BCUT2D eigenvalue weighted by molar-refractivity contribution is 1.18. The molecule has 0 aliphatic carbocycles. The Bertz CT molecular complexity index is 3530. The molecule has 0 bridgehead atoms. The Kier molecular flexibility index (Phi) is 7.26. The van der Waals surface area contributed by atoms with Crippen molar-refractivity contribution in [3.63, 3.8) is 0 Å². The van der Waals surface area contributed by atoms with E-state index in [0.29, 0.717) is 5.82 Å². The van der Waals surface area contributed by atoms with E-state index in [9.17, 15) is 0 Å². The van der Waals surface area contributed by atoms with Crippen LogP contribution in [0.4, 0.5) is 0 Å². The number of aromatic nitrogens is 2. The van der Waals surface area contributed by atoms with Gasteiger partial charge in [0.1, 0.15) is 0 Å². The van der Waals surface area contributed by atoms with Crippen LogP contribution >= 0.6 is 0 Å². The molecule has 0 aliphatic rings. The third-order valence-electron chi connectivity index (χ3n) is 12.0. The predicted octanol–water partition coefficient (Wildman–Crippen LogP) is 15.2. The van der Waals surface area contributed by atoms with E-state index >= 15 is 0 Å². The molecular weight excluding hydrogens is 701 g/mol. The van der Waals surface area contributed by atoms with Gasteiger partial charge in [-0.3, -0.25) is 0 Å². The van der Waals surface area contributed by atoms with Crippen LogP contribution in [-0.2, 0) is 0 Å². The third kappa shape index (κ3) is 5.19. The summed E-state index contributed by atoms with van der Waals surface area (Å²) in [6.07, 6.45) is 0. The van der Waals surface area contributed by atoms with Crippen LogP contribution in [0, 0.1) is 0 Å². The fourth-order valence-corrected chi connectivity index (χ4v) is 9.23. The number of fused-ring (bicyclic) bond motifs is 2. The number of benzene rings is 10. The summed E-state index contributed by atoms with van der Waals surface area (Å²) in [6.45, 7) is 0. The Labute approximate surface area is 335 Å². The summed E-state index contributed by atoms with van der Waals surface area (Å²) in [4.78, 5) is 10.3. The van der Waals surface area contributed by atoms with E-state index in [1.165, 1.54) is 75.8 Å². The van der Waals surface area contributed by atoms with Crippen LogP contribution in [-0.4, -0.2) is 9.97 Å². The molecule has 0 saturated heterocycles. The minimum Gasteiger partial charge on any atom is -0.228 e. The molecule has 0 atom stereocenters. The molecule has 1 aromatic heterocycles. The van der Waals surface area contributed by atoms with Crippen molar-refractivity contribution in [1.82, 2.24) is 9.97 Å². The van der Waals surface area contributed by atoms with E-state index < -0.39 is 0 Å². The molecule has 12 aromatic rings. The zero-order valence-corrected chi connectivity index (χ0v) is 31.5. The summed E-state index contributed by atoms with van der Waals surface area (Å²) >= 11 is 0. The second-order valence-electron chi connectivity index (χ2n) is 15.3. The summed E-state index contributed by atoms with van der Waals surface area (Å²) in [5, 5.41) is 15.4. The first-order chi connectivity index (χ1) is 28.7. The normalized spacial score (nSPS) is 11.8. The van der Waals surface area contributed by atoms with Gasteiger partial charge in [-0.1, -0.05) is 182 Å². The van der Waals surface area contributed by atoms with Crippen LogP contribution in [0.25, 0.3) is 121 Å². The lowest BCUT2D eigenvalue weighted by Crippen LogP contribution is -1.96. The number of hydrogen-bond donors (Lipinski definition) is 0. The Morgan fingerprint density at radius 3 is 1.29 bits per heavy atom. The van der Waals surface area contributed by atoms with Gasteiger partial charge in [0.25, 0.3) is 0 Å². The summed E-state index contributed by atoms with van der Waals surface area (Å²) in [5.74, 6) is 0.709. The van der Waals surface area contributed by atoms with Crippen LogP contribution < -0.4 is 0 Å². The Balaban J connectivity index is 1.04. The lowest BCUT2D eigenvalue weighted by Gasteiger charge is -2.17. The summed E-state index contributed by atoms with van der Waals surface area (Å²) in [6, 6.07) is 74.7. The lowest BCUT2D eigenvalue weighted by atomic mass is 9.86. The third-order valence-corrected chi connectivity index (χ3v) is 12.0. The highest BCUT2D eigenvalue weighted by Gasteiger charge is 2.17. The van der Waals surface area contributed by atoms with Crippen molar-refractivity contribution in [2.45, 2.75) is 0 Å². The van der Waals surface area contributed by atoms with Gasteiger partial charge < -0.3 is 0 Å². The maximum absolute atomic E-state index is 5.15. The first kappa shape index (κ1) is 32.6. The SMILES string of the molecule is c1ccc(-c2cccc(-c3cc(-c4ccc(-c5cc6ccc7cccc8c9cccc%10ccc%11cccc(c(c5)c6c78)c%11c%109)cc4)nc(-c4ccccc4)n3)c2)cc1. The van der Waals surface area contributed by atoms with Crippen LogP contribution in [0.3, 0.4) is 0 Å². The largest absolute Gasteiger partial charge is 0.228 e. The Hall–Kier alpha value is -7.68. The van der Waals surface area contributed by atoms with Crippen molar-refractivity contribution < 1.29 is 0 Å². The fraction of sp³-hybridized carbons (Fsp3) is 0. The van der Waals surface area contributed by atoms with E-state index in [-0.39, 0.29) is 0 Å². The molecule has 0 N–H and O–H groups in total. The Morgan fingerprint density at radius 1 is 0.224 bits per heavy atom. The van der Waals surface area contributed by atoms with Gasteiger partial charge in [-0.05, 0) is 111 Å².